The summed E-state index contributed by atoms with van der Waals surface area (Å²) in [6.45, 7) is -0.201. The van der Waals surface area contributed by atoms with Gasteiger partial charge in [-0.15, -0.1) is 5.46 Å². The summed E-state index contributed by atoms with van der Waals surface area (Å²) < 4.78 is 42.5. The van der Waals surface area contributed by atoms with Gasteiger partial charge in [0.25, 0.3) is 0 Å². The van der Waals surface area contributed by atoms with E-state index >= 15 is 0 Å². The standard InChI is InChI=1S/C12H17BF3O.K/c1-3-4-10(2)9-17-12-7-5-11(6-8-12)13(14,15)16;/h5-8,10H,3-4,9H2,1-2H3;/q-1;+1. The molecule has 0 spiro atoms. The Morgan fingerprint density at radius 2 is 1.72 bits per heavy atom. The fourth-order valence-electron chi connectivity index (χ4n) is 1.60. The molecule has 0 fully saturated rings. The molecule has 0 N–H and O–H groups in total. The minimum Gasteiger partial charge on any atom is -0.493 e. The second kappa shape index (κ2) is 8.64. The Balaban J connectivity index is 0.00000289. The number of rotatable bonds is 6. The van der Waals surface area contributed by atoms with Gasteiger partial charge in [0, 0.05) is 0 Å². The van der Waals surface area contributed by atoms with Crippen LogP contribution < -0.4 is 61.6 Å². The first-order chi connectivity index (χ1) is 7.93. The summed E-state index contributed by atoms with van der Waals surface area (Å²) in [5, 5.41) is 0. The molecule has 1 atom stereocenters. The van der Waals surface area contributed by atoms with Gasteiger partial charge in [0.15, 0.2) is 0 Å². The molecule has 0 aliphatic heterocycles. The third-order valence-electron chi connectivity index (χ3n) is 2.57. The fraction of sp³-hybridized carbons (Fsp3) is 0.500. The Bertz CT molecular complexity index is 340. The van der Waals surface area contributed by atoms with Crippen LogP contribution in [0.1, 0.15) is 26.7 Å². The second-order valence-electron chi connectivity index (χ2n) is 4.35. The van der Waals surface area contributed by atoms with Crippen molar-refractivity contribution in [1.82, 2.24) is 0 Å². The van der Waals surface area contributed by atoms with E-state index in [0.717, 1.165) is 25.0 Å². The van der Waals surface area contributed by atoms with Gasteiger partial charge < -0.3 is 17.7 Å². The van der Waals surface area contributed by atoms with Crippen molar-refractivity contribution < 1.29 is 69.1 Å². The zero-order chi connectivity index (χ0) is 12.9. The van der Waals surface area contributed by atoms with Gasteiger partial charge in [-0.3, -0.25) is 0 Å². The largest absolute Gasteiger partial charge is 1.00 e. The molecule has 1 rings (SSSR count). The molecule has 18 heavy (non-hydrogen) atoms. The first kappa shape index (κ1) is 18.5. The molecule has 96 valence electrons. The van der Waals surface area contributed by atoms with Crippen LogP contribution in [0.4, 0.5) is 12.9 Å². The maximum Gasteiger partial charge on any atom is 1.00 e. The van der Waals surface area contributed by atoms with Crippen molar-refractivity contribution >= 4 is 12.4 Å². The average molecular weight is 284 g/mol. The van der Waals surface area contributed by atoms with E-state index in [9.17, 15) is 12.9 Å². The Kier molecular flexibility index (Phi) is 8.88. The van der Waals surface area contributed by atoms with Crippen LogP contribution in [0.3, 0.4) is 0 Å². The Morgan fingerprint density at radius 3 is 2.17 bits per heavy atom. The van der Waals surface area contributed by atoms with E-state index in [1.165, 1.54) is 12.1 Å². The number of hydrogen-bond acceptors (Lipinski definition) is 1. The molecule has 0 saturated heterocycles. The quantitative estimate of drug-likeness (QED) is 0.694. The fourth-order valence-corrected chi connectivity index (χ4v) is 1.60. The summed E-state index contributed by atoms with van der Waals surface area (Å²) in [7, 11) is 0. The van der Waals surface area contributed by atoms with Crippen molar-refractivity contribution in [3.63, 3.8) is 0 Å². The molecule has 1 nitrogen and oxygen atoms in total. The molecule has 1 aromatic rings. The summed E-state index contributed by atoms with van der Waals surface area (Å²) in [5.41, 5.74) is -0.584. The van der Waals surface area contributed by atoms with Crippen LogP contribution in [0.5, 0.6) is 5.75 Å². The van der Waals surface area contributed by atoms with Crippen LogP contribution >= 0.6 is 0 Å². The maximum absolute atomic E-state index is 12.4. The van der Waals surface area contributed by atoms with Crippen molar-refractivity contribution in [2.45, 2.75) is 26.7 Å². The molecule has 0 bridgehead atoms. The second-order valence-corrected chi connectivity index (χ2v) is 4.35. The topological polar surface area (TPSA) is 9.23 Å². The molecular formula is C12H17BF3KO. The summed E-state index contributed by atoms with van der Waals surface area (Å²) in [4.78, 5) is 0. The first-order valence-corrected chi connectivity index (χ1v) is 5.86. The minimum atomic E-state index is -4.91. The number of benzene rings is 1. The number of hydrogen-bond donors (Lipinski definition) is 0. The molecule has 0 radical (unpaired) electrons. The molecule has 0 heterocycles. The molecule has 1 aromatic carbocycles. The third-order valence-corrected chi connectivity index (χ3v) is 2.57. The minimum absolute atomic E-state index is 0. The molecular weight excluding hydrogens is 267 g/mol. The van der Waals surface area contributed by atoms with Crippen LogP contribution in [0, 0.1) is 5.92 Å². The Morgan fingerprint density at radius 1 is 1.17 bits per heavy atom. The molecule has 0 amide bonds. The van der Waals surface area contributed by atoms with Gasteiger partial charge in [-0.2, -0.15) is 0 Å². The summed E-state index contributed by atoms with van der Waals surface area (Å²) >= 11 is 0. The predicted octanol–water partition coefficient (Wildman–Crippen LogP) is 0.560. The van der Waals surface area contributed by atoms with E-state index in [0.29, 0.717) is 18.3 Å². The number of ether oxygens (including phenoxy) is 1. The molecule has 0 saturated carbocycles. The van der Waals surface area contributed by atoms with Gasteiger partial charge in [0.1, 0.15) is 5.75 Å². The molecule has 0 aliphatic carbocycles. The SMILES string of the molecule is CCCC(C)COc1ccc([B-](F)(F)F)cc1.[K+]. The van der Waals surface area contributed by atoms with Crippen molar-refractivity contribution in [2.75, 3.05) is 6.61 Å². The molecule has 6 heteroatoms. The third kappa shape index (κ3) is 6.61. The van der Waals surface area contributed by atoms with Crippen LogP contribution in [-0.2, 0) is 0 Å². The molecule has 1 unspecified atom stereocenters. The van der Waals surface area contributed by atoms with Gasteiger partial charge in [0.2, 0.25) is 0 Å². The Hall–Kier alpha value is 0.511. The number of halogens is 3. The van der Waals surface area contributed by atoms with Gasteiger partial charge in [0.05, 0.1) is 6.61 Å². The smallest absolute Gasteiger partial charge is 0.493 e. The van der Waals surface area contributed by atoms with Crippen molar-refractivity contribution in [1.29, 1.82) is 0 Å². The zero-order valence-electron chi connectivity index (χ0n) is 11.1. The van der Waals surface area contributed by atoms with E-state index in [4.69, 9.17) is 4.74 Å². The van der Waals surface area contributed by atoms with E-state index in [2.05, 4.69) is 13.8 Å². The zero-order valence-corrected chi connectivity index (χ0v) is 14.3. The summed E-state index contributed by atoms with van der Waals surface area (Å²) in [5.74, 6) is 0.920. The van der Waals surface area contributed by atoms with Crippen LogP contribution in [-0.4, -0.2) is 13.6 Å². The predicted molar refractivity (Wildman–Crippen MR) is 64.7 cm³/mol. The maximum atomic E-state index is 12.4. The Labute approximate surface area is 149 Å². The van der Waals surface area contributed by atoms with Crippen molar-refractivity contribution in [3.8, 4) is 5.75 Å². The normalized spacial score (nSPS) is 12.7. The van der Waals surface area contributed by atoms with E-state index < -0.39 is 12.4 Å². The van der Waals surface area contributed by atoms with E-state index in [1.807, 2.05) is 0 Å². The van der Waals surface area contributed by atoms with Gasteiger partial charge in [-0.05, 0) is 24.5 Å². The van der Waals surface area contributed by atoms with E-state index in [1.54, 1.807) is 0 Å². The summed E-state index contributed by atoms with van der Waals surface area (Å²) in [6, 6.07) is 4.89. The van der Waals surface area contributed by atoms with Crippen molar-refractivity contribution in [3.05, 3.63) is 24.3 Å². The first-order valence-electron chi connectivity index (χ1n) is 5.86. The van der Waals surface area contributed by atoms with Crippen LogP contribution in [0.25, 0.3) is 0 Å². The monoisotopic (exact) mass is 284 g/mol. The summed E-state index contributed by atoms with van der Waals surface area (Å²) in [6.07, 6.45) is 2.14. The van der Waals surface area contributed by atoms with Crippen LogP contribution in [0.15, 0.2) is 24.3 Å². The van der Waals surface area contributed by atoms with E-state index in [-0.39, 0.29) is 51.4 Å². The van der Waals surface area contributed by atoms with Gasteiger partial charge in [-0.1, -0.05) is 32.4 Å². The average Bonchev–Trinajstić information content (AvgIpc) is 2.26. The molecule has 0 aliphatic rings. The van der Waals surface area contributed by atoms with Crippen molar-refractivity contribution in [2.24, 2.45) is 5.92 Å². The molecule has 0 aromatic heterocycles. The van der Waals surface area contributed by atoms with Gasteiger partial charge in [-0.25, -0.2) is 0 Å². The van der Waals surface area contributed by atoms with Crippen LogP contribution in [0.2, 0.25) is 0 Å². The van der Waals surface area contributed by atoms with Gasteiger partial charge >= 0.3 is 58.4 Å².